The van der Waals surface area contributed by atoms with Crippen LogP contribution in [0.15, 0.2) is 60.8 Å². The maximum atomic E-state index is 12.4. The van der Waals surface area contributed by atoms with Crippen LogP contribution in [0.3, 0.4) is 0 Å². The number of amides is 1. The van der Waals surface area contributed by atoms with Gasteiger partial charge in [-0.3, -0.25) is 9.78 Å². The van der Waals surface area contributed by atoms with E-state index in [1.165, 1.54) is 12.8 Å². The van der Waals surface area contributed by atoms with Gasteiger partial charge in [-0.05, 0) is 55.2 Å². The van der Waals surface area contributed by atoms with Gasteiger partial charge in [0.1, 0.15) is 5.75 Å². The number of aromatic nitrogens is 1. The van der Waals surface area contributed by atoms with Gasteiger partial charge >= 0.3 is 0 Å². The molecule has 1 fully saturated rings. The maximum Gasteiger partial charge on any atom is 0.255 e. The average molecular weight is 318 g/mol. The normalized spacial score (nSPS) is 13.7. The number of para-hydroxylation sites is 1. The molecule has 0 unspecified atom stereocenters. The van der Waals surface area contributed by atoms with Crippen molar-refractivity contribution in [1.29, 1.82) is 0 Å². The van der Waals surface area contributed by atoms with Crippen molar-refractivity contribution in [2.75, 3.05) is 11.9 Å². The summed E-state index contributed by atoms with van der Waals surface area (Å²) in [4.78, 5) is 16.7. The number of hydrogen-bond acceptors (Lipinski definition) is 3. The van der Waals surface area contributed by atoms with Gasteiger partial charge in [0, 0.05) is 10.9 Å². The first-order chi connectivity index (χ1) is 11.8. The van der Waals surface area contributed by atoms with Gasteiger partial charge in [-0.25, -0.2) is 0 Å². The highest BCUT2D eigenvalue weighted by Gasteiger charge is 2.21. The maximum absolute atomic E-state index is 12.4. The number of ether oxygens (including phenoxy) is 1. The topological polar surface area (TPSA) is 51.2 Å². The summed E-state index contributed by atoms with van der Waals surface area (Å²) in [5.41, 5.74) is 2.20. The highest BCUT2D eigenvalue weighted by molar-refractivity contribution is 6.04. The van der Waals surface area contributed by atoms with Crippen LogP contribution in [0.5, 0.6) is 5.75 Å². The number of anilines is 1. The van der Waals surface area contributed by atoms with Crippen molar-refractivity contribution in [3.05, 3.63) is 66.4 Å². The molecule has 1 amide bonds. The van der Waals surface area contributed by atoms with Crippen molar-refractivity contribution in [1.82, 2.24) is 4.98 Å². The second-order valence-corrected chi connectivity index (χ2v) is 6.15. The van der Waals surface area contributed by atoms with E-state index in [0.717, 1.165) is 23.3 Å². The predicted octanol–water partition coefficient (Wildman–Crippen LogP) is 4.28. The Hall–Kier alpha value is -2.88. The smallest absolute Gasteiger partial charge is 0.255 e. The zero-order valence-electron chi connectivity index (χ0n) is 13.2. The molecule has 0 spiro atoms. The van der Waals surface area contributed by atoms with Gasteiger partial charge in [-0.15, -0.1) is 0 Å². The molecule has 3 aromatic rings. The second-order valence-electron chi connectivity index (χ2n) is 6.15. The molecule has 4 nitrogen and oxygen atoms in total. The quantitative estimate of drug-likeness (QED) is 0.764. The standard InChI is InChI=1S/C20H18N2O2/c23-20(15-7-9-18(10-8-15)24-13-14-5-6-14)22-17-11-16-3-1-2-4-19(16)21-12-17/h1-4,7-12,14H,5-6,13H2,(H,22,23). The van der Waals surface area contributed by atoms with Crippen molar-refractivity contribution in [2.45, 2.75) is 12.8 Å². The molecule has 24 heavy (non-hydrogen) atoms. The third-order valence-corrected chi connectivity index (χ3v) is 4.15. The zero-order valence-corrected chi connectivity index (χ0v) is 13.2. The first-order valence-corrected chi connectivity index (χ1v) is 8.17. The van der Waals surface area contributed by atoms with Crippen molar-refractivity contribution in [2.24, 2.45) is 5.92 Å². The molecule has 0 radical (unpaired) electrons. The molecule has 4 rings (SSSR count). The molecule has 0 bridgehead atoms. The van der Waals surface area contributed by atoms with Gasteiger partial charge in [-0.1, -0.05) is 18.2 Å². The highest BCUT2D eigenvalue weighted by atomic mass is 16.5. The summed E-state index contributed by atoms with van der Waals surface area (Å²) >= 11 is 0. The Morgan fingerprint density at radius 3 is 2.71 bits per heavy atom. The van der Waals surface area contributed by atoms with Crippen LogP contribution in [0.25, 0.3) is 10.9 Å². The lowest BCUT2D eigenvalue weighted by Crippen LogP contribution is -2.12. The Bertz CT molecular complexity index is 870. The van der Waals surface area contributed by atoms with Crippen LogP contribution in [-0.2, 0) is 0 Å². The summed E-state index contributed by atoms with van der Waals surface area (Å²) in [5.74, 6) is 1.38. The summed E-state index contributed by atoms with van der Waals surface area (Å²) < 4.78 is 5.69. The fourth-order valence-electron chi connectivity index (χ4n) is 2.54. The predicted molar refractivity (Wildman–Crippen MR) is 94.4 cm³/mol. The first-order valence-electron chi connectivity index (χ1n) is 8.17. The monoisotopic (exact) mass is 318 g/mol. The molecule has 2 aromatic carbocycles. The largest absolute Gasteiger partial charge is 0.493 e. The number of carbonyl (C=O) groups excluding carboxylic acids is 1. The average Bonchev–Trinajstić information content (AvgIpc) is 3.45. The number of nitrogens with zero attached hydrogens (tertiary/aromatic N) is 1. The Kier molecular flexibility index (Phi) is 3.87. The molecule has 4 heteroatoms. The lowest BCUT2D eigenvalue weighted by molar-refractivity contribution is 0.102. The van der Waals surface area contributed by atoms with Crippen molar-refractivity contribution >= 4 is 22.5 Å². The number of rotatable bonds is 5. The van der Waals surface area contributed by atoms with E-state index >= 15 is 0 Å². The number of carbonyl (C=O) groups is 1. The minimum atomic E-state index is -0.152. The molecule has 1 aliphatic carbocycles. The van der Waals surface area contributed by atoms with E-state index in [1.807, 2.05) is 42.5 Å². The minimum absolute atomic E-state index is 0.152. The first kappa shape index (κ1) is 14.7. The van der Waals surface area contributed by atoms with E-state index in [9.17, 15) is 4.79 Å². The van der Waals surface area contributed by atoms with Crippen LogP contribution in [0.4, 0.5) is 5.69 Å². The number of nitrogens with one attached hydrogen (secondary N) is 1. The minimum Gasteiger partial charge on any atom is -0.493 e. The molecular formula is C20H18N2O2. The van der Waals surface area contributed by atoms with Gasteiger partial charge < -0.3 is 10.1 Å². The number of pyridine rings is 1. The Morgan fingerprint density at radius 2 is 1.92 bits per heavy atom. The fraction of sp³-hybridized carbons (Fsp3) is 0.200. The van der Waals surface area contributed by atoms with E-state index in [4.69, 9.17) is 4.74 Å². The van der Waals surface area contributed by atoms with E-state index in [-0.39, 0.29) is 5.91 Å². The molecule has 1 aromatic heterocycles. The Balaban J connectivity index is 1.44. The van der Waals surface area contributed by atoms with Gasteiger partial charge in [0.15, 0.2) is 0 Å². The van der Waals surface area contributed by atoms with E-state index in [2.05, 4.69) is 10.3 Å². The summed E-state index contributed by atoms with van der Waals surface area (Å²) in [5, 5.41) is 3.89. The number of fused-ring (bicyclic) bond motifs is 1. The van der Waals surface area contributed by atoms with Gasteiger partial charge in [0.05, 0.1) is 24.0 Å². The van der Waals surface area contributed by atoms with Crippen LogP contribution in [0.2, 0.25) is 0 Å². The summed E-state index contributed by atoms with van der Waals surface area (Å²) in [6.45, 7) is 0.772. The van der Waals surface area contributed by atoms with Crippen LogP contribution < -0.4 is 10.1 Å². The molecular weight excluding hydrogens is 300 g/mol. The van der Waals surface area contributed by atoms with Gasteiger partial charge in [0.2, 0.25) is 0 Å². The lowest BCUT2D eigenvalue weighted by Gasteiger charge is -2.08. The van der Waals surface area contributed by atoms with Crippen molar-refractivity contribution in [3.63, 3.8) is 0 Å². The van der Waals surface area contributed by atoms with E-state index < -0.39 is 0 Å². The second kappa shape index (κ2) is 6.32. The Labute approximate surface area is 140 Å². The highest BCUT2D eigenvalue weighted by Crippen LogP contribution is 2.29. The molecule has 0 saturated heterocycles. The van der Waals surface area contributed by atoms with Crippen LogP contribution in [0, 0.1) is 5.92 Å². The summed E-state index contributed by atoms with van der Waals surface area (Å²) in [6, 6.07) is 17.0. The van der Waals surface area contributed by atoms with Crippen LogP contribution in [0.1, 0.15) is 23.2 Å². The fourth-order valence-corrected chi connectivity index (χ4v) is 2.54. The molecule has 1 aliphatic rings. The van der Waals surface area contributed by atoms with Crippen molar-refractivity contribution in [3.8, 4) is 5.75 Å². The molecule has 1 N–H and O–H groups in total. The van der Waals surface area contributed by atoms with Gasteiger partial charge in [0.25, 0.3) is 5.91 Å². The number of hydrogen-bond donors (Lipinski definition) is 1. The van der Waals surface area contributed by atoms with Crippen LogP contribution in [-0.4, -0.2) is 17.5 Å². The van der Waals surface area contributed by atoms with E-state index in [0.29, 0.717) is 17.2 Å². The zero-order chi connectivity index (χ0) is 16.4. The SMILES string of the molecule is O=C(Nc1cnc2ccccc2c1)c1ccc(OCC2CC2)cc1. The Morgan fingerprint density at radius 1 is 1.12 bits per heavy atom. The van der Waals surface area contributed by atoms with Crippen molar-refractivity contribution < 1.29 is 9.53 Å². The lowest BCUT2D eigenvalue weighted by atomic mass is 10.2. The van der Waals surface area contributed by atoms with Gasteiger partial charge in [-0.2, -0.15) is 0 Å². The third kappa shape index (κ3) is 3.38. The molecule has 0 aliphatic heterocycles. The molecule has 1 heterocycles. The molecule has 1 saturated carbocycles. The molecule has 120 valence electrons. The number of benzene rings is 2. The molecule has 0 atom stereocenters. The summed E-state index contributed by atoms with van der Waals surface area (Å²) in [6.07, 6.45) is 4.20. The van der Waals surface area contributed by atoms with E-state index in [1.54, 1.807) is 18.3 Å². The third-order valence-electron chi connectivity index (χ3n) is 4.15. The summed E-state index contributed by atoms with van der Waals surface area (Å²) in [7, 11) is 0. The van der Waals surface area contributed by atoms with Crippen LogP contribution >= 0.6 is 0 Å².